The van der Waals surface area contributed by atoms with Gasteiger partial charge in [0.2, 0.25) is 0 Å². The van der Waals surface area contributed by atoms with Gasteiger partial charge in [-0.1, -0.05) is 19.9 Å². The van der Waals surface area contributed by atoms with Crippen molar-refractivity contribution in [1.29, 1.82) is 5.26 Å². The van der Waals surface area contributed by atoms with E-state index in [9.17, 15) is 0 Å². The van der Waals surface area contributed by atoms with Crippen LogP contribution in [0.4, 0.5) is 5.69 Å². The van der Waals surface area contributed by atoms with Gasteiger partial charge in [-0.15, -0.1) is 0 Å². The lowest BCUT2D eigenvalue weighted by atomic mass is 10.00. The summed E-state index contributed by atoms with van der Waals surface area (Å²) in [6.45, 7) is 4.16. The summed E-state index contributed by atoms with van der Waals surface area (Å²) in [5.41, 5.74) is 8.19. The minimum Gasteiger partial charge on any atom is -0.398 e. The molecule has 2 nitrogen and oxygen atoms in total. The van der Waals surface area contributed by atoms with Gasteiger partial charge in [-0.05, 0) is 23.6 Å². The van der Waals surface area contributed by atoms with Crippen LogP contribution in [0.5, 0.6) is 0 Å². The normalized spacial score (nSPS) is 9.83. The van der Waals surface area contributed by atoms with E-state index in [2.05, 4.69) is 19.9 Å². The molecule has 1 rings (SSSR count). The Bertz CT molecular complexity index is 321. The highest BCUT2D eigenvalue weighted by atomic mass is 14.6. The molecule has 0 atom stereocenters. The van der Waals surface area contributed by atoms with Crippen molar-refractivity contribution < 1.29 is 0 Å². The van der Waals surface area contributed by atoms with Crippen LogP contribution in [0.25, 0.3) is 0 Å². The first-order valence-electron chi connectivity index (χ1n) is 3.94. The van der Waals surface area contributed by atoms with Crippen molar-refractivity contribution in [1.82, 2.24) is 0 Å². The molecule has 62 valence electrons. The summed E-state index contributed by atoms with van der Waals surface area (Å²) in [5.74, 6) is 0.415. The van der Waals surface area contributed by atoms with Crippen LogP contribution in [0.2, 0.25) is 0 Å². The minimum atomic E-state index is 0.415. The zero-order valence-corrected chi connectivity index (χ0v) is 7.33. The van der Waals surface area contributed by atoms with Crippen LogP contribution in [0.1, 0.15) is 30.9 Å². The highest BCUT2D eigenvalue weighted by molar-refractivity contribution is 5.53. The van der Waals surface area contributed by atoms with E-state index in [4.69, 9.17) is 11.0 Å². The molecule has 0 heterocycles. The molecule has 2 N–H and O–H groups in total. The zero-order valence-electron chi connectivity index (χ0n) is 7.33. The van der Waals surface area contributed by atoms with Gasteiger partial charge in [-0.2, -0.15) is 5.26 Å². The molecule has 0 aliphatic carbocycles. The molecule has 0 aromatic heterocycles. The first-order chi connectivity index (χ1) is 5.65. The molecule has 0 radical (unpaired) electrons. The van der Waals surface area contributed by atoms with Gasteiger partial charge < -0.3 is 5.73 Å². The number of anilines is 1. The molecule has 0 spiro atoms. The van der Waals surface area contributed by atoms with Gasteiger partial charge in [-0.3, -0.25) is 0 Å². The average Bonchev–Trinajstić information content (AvgIpc) is 2.03. The number of nitriles is 1. The largest absolute Gasteiger partial charge is 0.398 e. The Labute approximate surface area is 72.6 Å². The highest BCUT2D eigenvalue weighted by Crippen LogP contribution is 2.22. The second kappa shape index (κ2) is 3.27. The van der Waals surface area contributed by atoms with Gasteiger partial charge in [0.1, 0.15) is 0 Å². The molecule has 0 saturated heterocycles. The van der Waals surface area contributed by atoms with Crippen LogP contribution in [0.15, 0.2) is 18.2 Å². The van der Waals surface area contributed by atoms with Crippen molar-refractivity contribution in [3.63, 3.8) is 0 Å². The molecule has 0 unspecified atom stereocenters. The Morgan fingerprint density at radius 2 is 2.08 bits per heavy atom. The van der Waals surface area contributed by atoms with Crippen molar-refractivity contribution in [2.75, 3.05) is 5.73 Å². The number of hydrogen-bond donors (Lipinski definition) is 1. The van der Waals surface area contributed by atoms with Crippen LogP contribution in [-0.2, 0) is 0 Å². The maximum atomic E-state index is 8.59. The summed E-state index contributed by atoms with van der Waals surface area (Å²) >= 11 is 0. The molecule has 0 saturated carbocycles. The topological polar surface area (TPSA) is 49.8 Å². The zero-order chi connectivity index (χ0) is 9.14. The number of nitrogen functional groups attached to an aromatic ring is 1. The Morgan fingerprint density at radius 3 is 2.50 bits per heavy atom. The number of nitrogens with two attached hydrogens (primary N) is 1. The molecule has 1 aromatic carbocycles. The molecule has 0 aliphatic rings. The monoisotopic (exact) mass is 160 g/mol. The Kier molecular flexibility index (Phi) is 2.35. The fraction of sp³-hybridized carbons (Fsp3) is 0.300. The van der Waals surface area contributed by atoms with Gasteiger partial charge in [0.25, 0.3) is 0 Å². The van der Waals surface area contributed by atoms with Crippen LogP contribution < -0.4 is 5.73 Å². The third-order valence-electron chi connectivity index (χ3n) is 1.84. The maximum absolute atomic E-state index is 8.59. The highest BCUT2D eigenvalue weighted by Gasteiger charge is 2.03. The third-order valence-corrected chi connectivity index (χ3v) is 1.84. The third kappa shape index (κ3) is 1.57. The summed E-state index contributed by atoms with van der Waals surface area (Å²) in [6, 6.07) is 7.48. The van der Waals surface area contributed by atoms with E-state index in [-0.39, 0.29) is 0 Å². The first kappa shape index (κ1) is 8.61. The quantitative estimate of drug-likeness (QED) is 0.640. The molecule has 2 heteroatoms. The van der Waals surface area contributed by atoms with Crippen molar-refractivity contribution in [3.8, 4) is 6.07 Å². The lowest BCUT2D eigenvalue weighted by Gasteiger charge is -2.08. The standard InChI is InChI=1S/C10H12N2/c1-7(2)9-4-3-8(6-11)5-10(9)12/h3-5,7H,12H2,1-2H3. The molecular formula is C10H12N2. The van der Waals surface area contributed by atoms with Crippen LogP contribution in [-0.4, -0.2) is 0 Å². The number of benzene rings is 1. The summed E-state index contributed by atoms with van der Waals surface area (Å²) in [6.07, 6.45) is 0. The molecular weight excluding hydrogens is 148 g/mol. The average molecular weight is 160 g/mol. The molecule has 12 heavy (non-hydrogen) atoms. The van der Waals surface area contributed by atoms with Crippen LogP contribution in [0.3, 0.4) is 0 Å². The van der Waals surface area contributed by atoms with Crippen molar-refractivity contribution in [2.45, 2.75) is 19.8 Å². The van der Waals surface area contributed by atoms with E-state index in [1.165, 1.54) is 0 Å². The Hall–Kier alpha value is -1.49. The minimum absolute atomic E-state index is 0.415. The summed E-state index contributed by atoms with van der Waals surface area (Å²) in [5, 5.41) is 8.59. The van der Waals surface area contributed by atoms with Crippen LogP contribution >= 0.6 is 0 Å². The summed E-state index contributed by atoms with van der Waals surface area (Å²) in [4.78, 5) is 0. The van der Waals surface area contributed by atoms with Crippen molar-refractivity contribution >= 4 is 5.69 Å². The van der Waals surface area contributed by atoms with Gasteiger partial charge >= 0.3 is 0 Å². The fourth-order valence-corrected chi connectivity index (χ4v) is 1.17. The van der Waals surface area contributed by atoms with Gasteiger partial charge in [0.15, 0.2) is 0 Å². The molecule has 1 aromatic rings. The van der Waals surface area contributed by atoms with E-state index in [1.54, 1.807) is 12.1 Å². The lowest BCUT2D eigenvalue weighted by Crippen LogP contribution is -1.96. The van der Waals surface area contributed by atoms with Gasteiger partial charge in [0.05, 0.1) is 11.6 Å². The SMILES string of the molecule is CC(C)c1ccc(C#N)cc1N. The van der Waals surface area contributed by atoms with E-state index in [0.717, 1.165) is 5.56 Å². The Balaban J connectivity index is 3.14. The second-order valence-electron chi connectivity index (χ2n) is 3.11. The number of rotatable bonds is 1. The van der Waals surface area contributed by atoms with Crippen molar-refractivity contribution in [3.05, 3.63) is 29.3 Å². The van der Waals surface area contributed by atoms with Crippen molar-refractivity contribution in [2.24, 2.45) is 0 Å². The predicted molar refractivity (Wildman–Crippen MR) is 49.7 cm³/mol. The molecule has 0 bridgehead atoms. The number of hydrogen-bond acceptors (Lipinski definition) is 2. The molecule has 0 fully saturated rings. The van der Waals surface area contributed by atoms with Crippen LogP contribution in [0, 0.1) is 11.3 Å². The van der Waals surface area contributed by atoms with E-state index in [0.29, 0.717) is 17.2 Å². The number of nitrogens with zero attached hydrogens (tertiary/aromatic N) is 1. The summed E-state index contributed by atoms with van der Waals surface area (Å²) < 4.78 is 0. The first-order valence-corrected chi connectivity index (χ1v) is 3.94. The van der Waals surface area contributed by atoms with Gasteiger partial charge in [-0.25, -0.2) is 0 Å². The predicted octanol–water partition coefficient (Wildman–Crippen LogP) is 2.26. The lowest BCUT2D eigenvalue weighted by molar-refractivity contribution is 0.870. The van der Waals surface area contributed by atoms with E-state index < -0.39 is 0 Å². The summed E-state index contributed by atoms with van der Waals surface area (Å²) in [7, 11) is 0. The fourth-order valence-electron chi connectivity index (χ4n) is 1.17. The van der Waals surface area contributed by atoms with E-state index in [1.807, 2.05) is 6.07 Å². The molecule has 0 amide bonds. The van der Waals surface area contributed by atoms with Gasteiger partial charge in [0, 0.05) is 5.69 Å². The molecule has 0 aliphatic heterocycles. The second-order valence-corrected chi connectivity index (χ2v) is 3.11. The maximum Gasteiger partial charge on any atom is 0.0992 e. The Morgan fingerprint density at radius 1 is 1.42 bits per heavy atom. The smallest absolute Gasteiger partial charge is 0.0992 e. The van der Waals surface area contributed by atoms with E-state index >= 15 is 0 Å².